The van der Waals surface area contributed by atoms with Gasteiger partial charge in [-0.3, -0.25) is 0 Å². The minimum Gasteiger partial charge on any atom is -0.461 e. The first kappa shape index (κ1) is 13.6. The van der Waals surface area contributed by atoms with Gasteiger partial charge in [-0.05, 0) is 32.9 Å². The number of ether oxygens (including phenoxy) is 1. The van der Waals surface area contributed by atoms with E-state index in [9.17, 15) is 4.79 Å². The van der Waals surface area contributed by atoms with Gasteiger partial charge < -0.3 is 14.5 Å². The second kappa shape index (κ2) is 5.88. The summed E-state index contributed by atoms with van der Waals surface area (Å²) in [5, 5.41) is 3.11. The first-order valence-electron chi connectivity index (χ1n) is 6.05. The van der Waals surface area contributed by atoms with Crippen LogP contribution in [0.2, 0.25) is 0 Å². The molecule has 2 rings (SSSR count). The third-order valence-corrected chi connectivity index (χ3v) is 3.70. The summed E-state index contributed by atoms with van der Waals surface area (Å²) in [4.78, 5) is 17.9. The fourth-order valence-electron chi connectivity index (χ4n) is 1.58. The van der Waals surface area contributed by atoms with Crippen LogP contribution in [0.1, 0.15) is 40.1 Å². The number of hydrogen-bond donors (Lipinski definition) is 1. The molecule has 2 heterocycles. The molecular weight excluding hydrogens is 264 g/mol. The molecule has 19 heavy (non-hydrogen) atoms. The van der Waals surface area contributed by atoms with Gasteiger partial charge in [0.25, 0.3) is 6.01 Å². The molecular formula is C13H16N2O3S. The Balaban J connectivity index is 2.01. The summed E-state index contributed by atoms with van der Waals surface area (Å²) in [5.74, 6) is -0.473. The van der Waals surface area contributed by atoms with E-state index in [2.05, 4.69) is 29.4 Å². The molecule has 0 aliphatic carbocycles. The maximum atomic E-state index is 11.4. The van der Waals surface area contributed by atoms with Crippen molar-refractivity contribution in [2.75, 3.05) is 11.9 Å². The number of nitrogens with zero attached hydrogens (tertiary/aromatic N) is 1. The third-order valence-electron chi connectivity index (χ3n) is 2.52. The highest BCUT2D eigenvalue weighted by Gasteiger charge is 2.15. The summed E-state index contributed by atoms with van der Waals surface area (Å²) in [7, 11) is 0. The van der Waals surface area contributed by atoms with E-state index in [4.69, 9.17) is 9.15 Å². The molecule has 0 aliphatic rings. The Labute approximate surface area is 115 Å². The monoisotopic (exact) mass is 280 g/mol. The zero-order valence-electron chi connectivity index (χ0n) is 11.1. The van der Waals surface area contributed by atoms with Crippen LogP contribution >= 0.6 is 11.3 Å². The van der Waals surface area contributed by atoms with Crippen LogP contribution in [0.4, 0.5) is 6.01 Å². The summed E-state index contributed by atoms with van der Waals surface area (Å²) in [6.45, 7) is 6.14. The second-order valence-electron chi connectivity index (χ2n) is 4.07. The SMILES string of the molecule is CCOC(=O)c1coc(NC(C)c2ccc(C)s2)n1. The van der Waals surface area contributed by atoms with E-state index in [1.165, 1.54) is 16.0 Å². The number of anilines is 1. The van der Waals surface area contributed by atoms with Gasteiger partial charge in [0.2, 0.25) is 0 Å². The quantitative estimate of drug-likeness (QED) is 0.850. The van der Waals surface area contributed by atoms with Crippen molar-refractivity contribution in [2.45, 2.75) is 26.8 Å². The molecule has 0 spiro atoms. The van der Waals surface area contributed by atoms with Crippen LogP contribution in [0.5, 0.6) is 0 Å². The van der Waals surface area contributed by atoms with E-state index < -0.39 is 5.97 Å². The fraction of sp³-hybridized carbons (Fsp3) is 0.385. The number of esters is 1. The summed E-state index contributed by atoms with van der Waals surface area (Å²) in [5.41, 5.74) is 0.180. The average molecular weight is 280 g/mol. The Kier molecular flexibility index (Phi) is 4.21. The lowest BCUT2D eigenvalue weighted by Crippen LogP contribution is -2.07. The molecule has 0 fully saturated rings. The lowest BCUT2D eigenvalue weighted by atomic mass is 10.3. The molecule has 0 amide bonds. The van der Waals surface area contributed by atoms with Crippen molar-refractivity contribution in [3.05, 3.63) is 33.8 Å². The number of rotatable bonds is 5. The minimum absolute atomic E-state index is 0.0763. The van der Waals surface area contributed by atoms with Crippen molar-refractivity contribution >= 4 is 23.3 Å². The van der Waals surface area contributed by atoms with Gasteiger partial charge in [0, 0.05) is 9.75 Å². The highest BCUT2D eigenvalue weighted by Crippen LogP contribution is 2.25. The van der Waals surface area contributed by atoms with Crippen molar-refractivity contribution in [3.63, 3.8) is 0 Å². The van der Waals surface area contributed by atoms with Gasteiger partial charge in [0.1, 0.15) is 6.26 Å². The topological polar surface area (TPSA) is 64.4 Å². The molecule has 2 aromatic rings. The molecule has 5 nitrogen and oxygen atoms in total. The number of hydrogen-bond acceptors (Lipinski definition) is 6. The van der Waals surface area contributed by atoms with Crippen LogP contribution in [0.3, 0.4) is 0 Å². The zero-order chi connectivity index (χ0) is 13.8. The molecule has 0 saturated carbocycles. The first-order valence-corrected chi connectivity index (χ1v) is 6.87. The minimum atomic E-state index is -0.473. The molecule has 0 aromatic carbocycles. The van der Waals surface area contributed by atoms with E-state index in [1.807, 2.05) is 6.92 Å². The van der Waals surface area contributed by atoms with Crippen LogP contribution in [0.15, 0.2) is 22.8 Å². The summed E-state index contributed by atoms with van der Waals surface area (Å²) < 4.78 is 10.1. The van der Waals surface area contributed by atoms with Crippen LogP contribution < -0.4 is 5.32 Å². The maximum absolute atomic E-state index is 11.4. The molecule has 1 atom stereocenters. The molecule has 102 valence electrons. The van der Waals surface area contributed by atoms with Gasteiger partial charge >= 0.3 is 5.97 Å². The molecule has 0 aliphatic heterocycles. The number of thiophene rings is 1. The van der Waals surface area contributed by atoms with Crippen molar-refractivity contribution in [1.82, 2.24) is 4.98 Å². The molecule has 1 N–H and O–H groups in total. The van der Waals surface area contributed by atoms with Crippen molar-refractivity contribution in [2.24, 2.45) is 0 Å². The fourth-order valence-corrected chi connectivity index (χ4v) is 2.46. The van der Waals surface area contributed by atoms with E-state index in [-0.39, 0.29) is 11.7 Å². The highest BCUT2D eigenvalue weighted by atomic mass is 32.1. The normalized spacial score (nSPS) is 12.2. The molecule has 6 heteroatoms. The van der Waals surface area contributed by atoms with E-state index in [1.54, 1.807) is 18.3 Å². The van der Waals surface area contributed by atoms with Crippen molar-refractivity contribution in [3.8, 4) is 0 Å². The van der Waals surface area contributed by atoms with Gasteiger partial charge in [-0.25, -0.2) is 4.79 Å². The number of aryl methyl sites for hydroxylation is 1. The molecule has 0 bridgehead atoms. The average Bonchev–Trinajstić information content (AvgIpc) is 2.98. The Hall–Kier alpha value is -1.82. The van der Waals surface area contributed by atoms with Crippen molar-refractivity contribution < 1.29 is 13.9 Å². The summed E-state index contributed by atoms with van der Waals surface area (Å²) >= 11 is 1.71. The van der Waals surface area contributed by atoms with Gasteiger partial charge in [-0.15, -0.1) is 11.3 Å². The Morgan fingerprint density at radius 3 is 3.00 bits per heavy atom. The van der Waals surface area contributed by atoms with Crippen LogP contribution in [-0.4, -0.2) is 17.6 Å². The predicted octanol–water partition coefficient (Wildman–Crippen LogP) is 3.39. The Morgan fingerprint density at radius 1 is 1.58 bits per heavy atom. The largest absolute Gasteiger partial charge is 0.461 e. The second-order valence-corrected chi connectivity index (χ2v) is 5.39. The molecule has 1 unspecified atom stereocenters. The lowest BCUT2D eigenvalue weighted by molar-refractivity contribution is 0.0519. The maximum Gasteiger partial charge on any atom is 0.360 e. The first-order chi connectivity index (χ1) is 9.10. The van der Waals surface area contributed by atoms with Gasteiger partial charge in [-0.1, -0.05) is 0 Å². The van der Waals surface area contributed by atoms with Crippen LogP contribution in [0, 0.1) is 6.92 Å². The predicted molar refractivity (Wildman–Crippen MR) is 73.6 cm³/mol. The zero-order valence-corrected chi connectivity index (χ0v) is 11.9. The van der Waals surface area contributed by atoms with Crippen molar-refractivity contribution in [1.29, 1.82) is 0 Å². The Morgan fingerprint density at radius 2 is 2.37 bits per heavy atom. The van der Waals surface area contributed by atoms with E-state index >= 15 is 0 Å². The van der Waals surface area contributed by atoms with Crippen LogP contribution in [-0.2, 0) is 4.74 Å². The Bertz CT molecular complexity index is 562. The number of aromatic nitrogens is 1. The number of carbonyl (C=O) groups excluding carboxylic acids is 1. The summed E-state index contributed by atoms with van der Waals surface area (Å²) in [6.07, 6.45) is 1.30. The van der Waals surface area contributed by atoms with Gasteiger partial charge in [-0.2, -0.15) is 4.98 Å². The molecule has 0 radical (unpaired) electrons. The smallest absolute Gasteiger partial charge is 0.360 e. The standard InChI is InChI=1S/C13H16N2O3S/c1-4-17-12(16)10-7-18-13(15-10)14-9(3)11-6-5-8(2)19-11/h5-7,9H,4H2,1-3H3,(H,14,15). The van der Waals surface area contributed by atoms with E-state index in [0.29, 0.717) is 12.6 Å². The number of nitrogens with one attached hydrogen (secondary N) is 1. The van der Waals surface area contributed by atoms with Gasteiger partial charge in [0.15, 0.2) is 5.69 Å². The third kappa shape index (κ3) is 3.35. The lowest BCUT2D eigenvalue weighted by Gasteiger charge is -2.09. The number of oxazole rings is 1. The molecule has 0 saturated heterocycles. The molecule has 2 aromatic heterocycles. The summed E-state index contributed by atoms with van der Waals surface area (Å²) in [6, 6.07) is 4.53. The highest BCUT2D eigenvalue weighted by molar-refractivity contribution is 7.12. The van der Waals surface area contributed by atoms with Gasteiger partial charge in [0.05, 0.1) is 12.6 Å². The van der Waals surface area contributed by atoms with Crippen LogP contribution in [0.25, 0.3) is 0 Å². The van der Waals surface area contributed by atoms with E-state index in [0.717, 1.165) is 0 Å². The number of carbonyl (C=O) groups is 1.